The first kappa shape index (κ1) is 15.0. The summed E-state index contributed by atoms with van der Waals surface area (Å²) in [6, 6.07) is 3.75. The van der Waals surface area contributed by atoms with Crippen molar-refractivity contribution >= 4 is 23.2 Å². The van der Waals surface area contributed by atoms with Gasteiger partial charge in [-0.2, -0.15) is 0 Å². The van der Waals surface area contributed by atoms with E-state index in [2.05, 4.69) is 35.9 Å². The lowest BCUT2D eigenvalue weighted by atomic mass is 9.75. The second-order valence-corrected chi connectivity index (χ2v) is 6.47. The minimum absolute atomic E-state index is 0.334. The Labute approximate surface area is 125 Å². The molecular formula is C14H21Cl2N3. The van der Waals surface area contributed by atoms with Crippen LogP contribution in [0.5, 0.6) is 0 Å². The summed E-state index contributed by atoms with van der Waals surface area (Å²) < 4.78 is 0. The van der Waals surface area contributed by atoms with Gasteiger partial charge in [0.25, 0.3) is 0 Å². The maximum absolute atomic E-state index is 6.12. The second-order valence-electron chi connectivity index (χ2n) is 5.73. The monoisotopic (exact) mass is 301 g/mol. The highest BCUT2D eigenvalue weighted by Gasteiger charge is 2.39. The lowest BCUT2D eigenvalue weighted by molar-refractivity contribution is 0.0259. The van der Waals surface area contributed by atoms with Crippen molar-refractivity contribution in [1.29, 1.82) is 0 Å². The van der Waals surface area contributed by atoms with Gasteiger partial charge >= 0.3 is 0 Å². The summed E-state index contributed by atoms with van der Waals surface area (Å²) in [5, 5.41) is 0.951. The highest BCUT2D eigenvalue weighted by atomic mass is 35.5. The lowest BCUT2D eigenvalue weighted by Crippen LogP contribution is -2.56. The molecule has 5 heteroatoms. The average molecular weight is 302 g/mol. The Morgan fingerprint density at radius 3 is 2.37 bits per heavy atom. The van der Waals surface area contributed by atoms with E-state index in [1.165, 1.54) is 19.3 Å². The zero-order valence-electron chi connectivity index (χ0n) is 11.8. The number of rotatable bonds is 5. The van der Waals surface area contributed by atoms with Gasteiger partial charge in [-0.15, -0.1) is 0 Å². The van der Waals surface area contributed by atoms with E-state index in [9.17, 15) is 0 Å². The largest absolute Gasteiger partial charge is 0.302 e. The molecule has 2 rings (SSSR count). The van der Waals surface area contributed by atoms with E-state index in [0.717, 1.165) is 18.7 Å². The molecule has 106 valence electrons. The molecule has 1 fully saturated rings. The number of halogens is 2. The van der Waals surface area contributed by atoms with E-state index < -0.39 is 0 Å². The minimum atomic E-state index is 0.334. The summed E-state index contributed by atoms with van der Waals surface area (Å²) in [5.41, 5.74) is 1.36. The predicted octanol–water partition coefficient (Wildman–Crippen LogP) is 3.30. The van der Waals surface area contributed by atoms with Crippen LogP contribution in [-0.2, 0) is 6.54 Å². The number of aromatic nitrogens is 1. The SMILES string of the molecule is CN(Cc1ccc(Cl)nc1Cl)CC1(N(C)C)CCC1. The zero-order valence-corrected chi connectivity index (χ0v) is 13.3. The molecule has 0 N–H and O–H groups in total. The first-order valence-corrected chi connectivity index (χ1v) is 7.35. The van der Waals surface area contributed by atoms with Crippen LogP contribution >= 0.6 is 23.2 Å². The van der Waals surface area contributed by atoms with Crippen molar-refractivity contribution in [3.63, 3.8) is 0 Å². The van der Waals surface area contributed by atoms with Crippen LogP contribution in [0.1, 0.15) is 24.8 Å². The molecule has 0 bridgehead atoms. The summed E-state index contributed by atoms with van der Waals surface area (Å²) in [4.78, 5) is 8.76. The van der Waals surface area contributed by atoms with Crippen molar-refractivity contribution in [1.82, 2.24) is 14.8 Å². The maximum Gasteiger partial charge on any atom is 0.135 e. The molecule has 1 aliphatic rings. The third kappa shape index (κ3) is 3.40. The summed E-state index contributed by atoms with van der Waals surface area (Å²) in [5.74, 6) is 0. The molecule has 0 aliphatic heterocycles. The van der Waals surface area contributed by atoms with Gasteiger partial charge in [0.05, 0.1) is 0 Å². The van der Waals surface area contributed by atoms with E-state index in [1.807, 2.05) is 6.07 Å². The van der Waals surface area contributed by atoms with Crippen LogP contribution in [0.15, 0.2) is 12.1 Å². The fourth-order valence-corrected chi connectivity index (χ4v) is 3.14. The minimum Gasteiger partial charge on any atom is -0.302 e. The van der Waals surface area contributed by atoms with Crippen LogP contribution in [0.2, 0.25) is 10.3 Å². The van der Waals surface area contributed by atoms with Gasteiger partial charge in [-0.05, 0) is 46.5 Å². The first-order chi connectivity index (χ1) is 8.93. The molecule has 0 amide bonds. The van der Waals surface area contributed by atoms with Crippen molar-refractivity contribution in [2.75, 3.05) is 27.7 Å². The number of pyridine rings is 1. The van der Waals surface area contributed by atoms with Crippen LogP contribution in [0.3, 0.4) is 0 Å². The topological polar surface area (TPSA) is 19.4 Å². The van der Waals surface area contributed by atoms with Gasteiger partial charge in [-0.1, -0.05) is 29.3 Å². The Hall–Kier alpha value is -0.350. The van der Waals surface area contributed by atoms with Crippen LogP contribution in [0.25, 0.3) is 0 Å². The molecule has 3 nitrogen and oxygen atoms in total. The molecule has 19 heavy (non-hydrogen) atoms. The molecule has 1 saturated carbocycles. The third-order valence-electron chi connectivity index (χ3n) is 4.13. The fourth-order valence-electron chi connectivity index (χ4n) is 2.74. The Morgan fingerprint density at radius 1 is 1.21 bits per heavy atom. The van der Waals surface area contributed by atoms with Gasteiger partial charge in [-0.3, -0.25) is 0 Å². The standard InChI is InChI=1S/C14H21Cl2N3/c1-18(2)14(7-4-8-14)10-19(3)9-11-5-6-12(15)17-13(11)16/h5-6H,4,7-10H2,1-3H3. The molecule has 1 aromatic heterocycles. The van der Waals surface area contributed by atoms with Crippen LogP contribution in [0.4, 0.5) is 0 Å². The molecular weight excluding hydrogens is 281 g/mol. The zero-order chi connectivity index (χ0) is 14.0. The van der Waals surface area contributed by atoms with E-state index in [1.54, 1.807) is 6.07 Å². The Balaban J connectivity index is 1.99. The van der Waals surface area contributed by atoms with E-state index in [-0.39, 0.29) is 0 Å². The number of hydrogen-bond donors (Lipinski definition) is 0. The van der Waals surface area contributed by atoms with Gasteiger partial charge < -0.3 is 9.80 Å². The molecule has 0 radical (unpaired) electrons. The summed E-state index contributed by atoms with van der Waals surface area (Å²) in [7, 11) is 6.47. The Morgan fingerprint density at radius 2 is 1.89 bits per heavy atom. The normalized spacial score (nSPS) is 17.8. The van der Waals surface area contributed by atoms with Crippen molar-refractivity contribution in [3.05, 3.63) is 28.0 Å². The second kappa shape index (κ2) is 5.96. The van der Waals surface area contributed by atoms with E-state index in [0.29, 0.717) is 15.8 Å². The predicted molar refractivity (Wildman–Crippen MR) is 80.9 cm³/mol. The molecule has 1 aromatic rings. The summed E-state index contributed by atoms with van der Waals surface area (Å²) >= 11 is 11.9. The fraction of sp³-hybridized carbons (Fsp3) is 0.643. The van der Waals surface area contributed by atoms with Crippen molar-refractivity contribution < 1.29 is 0 Å². The Bertz CT molecular complexity index is 444. The molecule has 1 heterocycles. The van der Waals surface area contributed by atoms with Crippen LogP contribution < -0.4 is 0 Å². The lowest BCUT2D eigenvalue weighted by Gasteiger charge is -2.49. The van der Waals surface area contributed by atoms with Crippen LogP contribution in [-0.4, -0.2) is 48.0 Å². The molecule has 0 unspecified atom stereocenters. The smallest absolute Gasteiger partial charge is 0.135 e. The van der Waals surface area contributed by atoms with Gasteiger partial charge in [-0.25, -0.2) is 4.98 Å². The van der Waals surface area contributed by atoms with Gasteiger partial charge in [0.2, 0.25) is 0 Å². The molecule has 0 atom stereocenters. The third-order valence-corrected chi connectivity index (χ3v) is 4.67. The number of nitrogens with zero attached hydrogens (tertiary/aromatic N) is 3. The molecule has 1 aliphatic carbocycles. The maximum atomic E-state index is 6.12. The van der Waals surface area contributed by atoms with Gasteiger partial charge in [0.15, 0.2) is 0 Å². The quantitative estimate of drug-likeness (QED) is 0.778. The molecule has 0 aromatic carbocycles. The number of hydrogen-bond acceptors (Lipinski definition) is 3. The van der Waals surface area contributed by atoms with Crippen molar-refractivity contribution in [3.8, 4) is 0 Å². The summed E-state index contributed by atoms with van der Waals surface area (Å²) in [6.45, 7) is 1.86. The average Bonchev–Trinajstić information content (AvgIpc) is 2.27. The Kier molecular flexibility index (Phi) is 4.72. The van der Waals surface area contributed by atoms with E-state index >= 15 is 0 Å². The van der Waals surface area contributed by atoms with E-state index in [4.69, 9.17) is 23.2 Å². The molecule has 0 spiro atoms. The van der Waals surface area contributed by atoms with Crippen molar-refractivity contribution in [2.45, 2.75) is 31.3 Å². The van der Waals surface area contributed by atoms with Crippen LogP contribution in [0, 0.1) is 0 Å². The summed E-state index contributed by atoms with van der Waals surface area (Å²) in [6.07, 6.45) is 3.88. The van der Waals surface area contributed by atoms with Crippen molar-refractivity contribution in [2.24, 2.45) is 0 Å². The highest BCUT2D eigenvalue weighted by Crippen LogP contribution is 2.37. The highest BCUT2D eigenvalue weighted by molar-refractivity contribution is 6.32. The molecule has 0 saturated heterocycles. The van der Waals surface area contributed by atoms with Gasteiger partial charge in [0, 0.05) is 24.2 Å². The first-order valence-electron chi connectivity index (χ1n) is 6.60. The number of likely N-dealkylation sites (N-methyl/N-ethyl adjacent to an activating group) is 2. The van der Waals surface area contributed by atoms with Gasteiger partial charge in [0.1, 0.15) is 10.3 Å².